The largest absolute Gasteiger partial charge is 0.377 e. The predicted molar refractivity (Wildman–Crippen MR) is 102 cm³/mol. The highest BCUT2D eigenvalue weighted by Crippen LogP contribution is 2.10. The third-order valence-corrected chi connectivity index (χ3v) is 3.68. The smallest absolute Gasteiger partial charge is 0.191 e. The third-order valence-electron chi connectivity index (χ3n) is 3.68. The zero-order chi connectivity index (χ0) is 15.6. The molecule has 130 valence electrons. The van der Waals surface area contributed by atoms with E-state index in [2.05, 4.69) is 43.4 Å². The highest BCUT2D eigenvalue weighted by atomic mass is 127. The van der Waals surface area contributed by atoms with Gasteiger partial charge in [0.15, 0.2) is 5.96 Å². The minimum Gasteiger partial charge on any atom is -0.377 e. The number of nitrogens with zero attached hydrogens (tertiary/aromatic N) is 4. The van der Waals surface area contributed by atoms with Gasteiger partial charge >= 0.3 is 0 Å². The first-order chi connectivity index (χ1) is 10.8. The fourth-order valence-corrected chi connectivity index (χ4v) is 2.39. The van der Waals surface area contributed by atoms with Gasteiger partial charge in [0.25, 0.3) is 0 Å². The molecule has 0 atom stereocenters. The van der Waals surface area contributed by atoms with Crippen LogP contribution in [0, 0.1) is 0 Å². The molecule has 7 nitrogen and oxygen atoms in total. The Morgan fingerprint density at radius 1 is 1.39 bits per heavy atom. The van der Waals surface area contributed by atoms with Crippen LogP contribution in [0.2, 0.25) is 0 Å². The van der Waals surface area contributed by atoms with E-state index in [-0.39, 0.29) is 24.0 Å². The number of halogens is 1. The Hall–Kier alpha value is -1.16. The lowest BCUT2D eigenvalue weighted by molar-refractivity contribution is 0.153. The second-order valence-corrected chi connectivity index (χ2v) is 5.16. The minimum atomic E-state index is 0. The molecule has 2 rings (SSSR count). The number of aryl methyl sites for hydroxylation is 1. The maximum Gasteiger partial charge on any atom is 0.191 e. The van der Waals surface area contributed by atoms with Gasteiger partial charge in [-0.15, -0.1) is 34.2 Å². The summed E-state index contributed by atoms with van der Waals surface area (Å²) in [6.07, 6.45) is 6.93. The summed E-state index contributed by atoms with van der Waals surface area (Å²) in [7, 11) is 1.79. The highest BCUT2D eigenvalue weighted by Gasteiger charge is 2.05. The Morgan fingerprint density at radius 2 is 2.22 bits per heavy atom. The molecule has 0 spiro atoms. The lowest BCUT2D eigenvalue weighted by Crippen LogP contribution is -2.39. The van der Waals surface area contributed by atoms with Crippen molar-refractivity contribution in [1.29, 1.82) is 0 Å². The Balaban J connectivity index is 0.00000264. The van der Waals surface area contributed by atoms with Crippen molar-refractivity contribution < 1.29 is 4.74 Å². The van der Waals surface area contributed by atoms with Crippen LogP contribution in [0.4, 0.5) is 0 Å². The molecular formula is C15H27IN6O. The van der Waals surface area contributed by atoms with Gasteiger partial charge in [0.1, 0.15) is 12.2 Å². The molecule has 0 fully saturated rings. The van der Waals surface area contributed by atoms with Gasteiger partial charge in [-0.25, -0.2) is 0 Å². The topological polar surface area (TPSA) is 76.4 Å². The number of aromatic nitrogens is 3. The summed E-state index contributed by atoms with van der Waals surface area (Å²) in [6, 6.07) is 0. The first-order valence-corrected chi connectivity index (χ1v) is 7.90. The van der Waals surface area contributed by atoms with E-state index in [4.69, 9.17) is 4.74 Å². The Bertz CT molecular complexity index is 514. The van der Waals surface area contributed by atoms with E-state index >= 15 is 0 Å². The SMILES string of the molecule is CCc1nncn1CCNC(=NC)NCCC1=CCOCC1.I. The number of hydrogen-bond acceptors (Lipinski definition) is 4. The number of ether oxygens (including phenoxy) is 1. The highest BCUT2D eigenvalue weighted by molar-refractivity contribution is 14.0. The van der Waals surface area contributed by atoms with E-state index in [1.807, 2.05) is 0 Å². The molecule has 1 aromatic rings. The summed E-state index contributed by atoms with van der Waals surface area (Å²) < 4.78 is 7.37. The standard InChI is InChI=1S/C15H26N6O.HI/c1-3-14-20-19-12-21(14)9-8-18-15(16-2)17-7-4-13-5-10-22-11-6-13;/h5,12H,3-4,6-11H2,1-2H3,(H2,16,17,18);1H. The van der Waals surface area contributed by atoms with Crippen LogP contribution in [0.5, 0.6) is 0 Å². The van der Waals surface area contributed by atoms with Gasteiger partial charge < -0.3 is 19.9 Å². The van der Waals surface area contributed by atoms with Gasteiger partial charge in [-0.1, -0.05) is 18.6 Å². The molecule has 2 N–H and O–H groups in total. The van der Waals surface area contributed by atoms with Gasteiger partial charge in [-0.05, 0) is 12.8 Å². The van der Waals surface area contributed by atoms with Crippen LogP contribution in [0.3, 0.4) is 0 Å². The maximum absolute atomic E-state index is 5.31. The second-order valence-electron chi connectivity index (χ2n) is 5.16. The van der Waals surface area contributed by atoms with Crippen molar-refractivity contribution in [2.24, 2.45) is 4.99 Å². The van der Waals surface area contributed by atoms with Crippen molar-refractivity contribution in [3.8, 4) is 0 Å². The van der Waals surface area contributed by atoms with Gasteiger partial charge in [0.05, 0.1) is 13.2 Å². The Morgan fingerprint density at radius 3 is 2.91 bits per heavy atom. The quantitative estimate of drug-likeness (QED) is 0.294. The first-order valence-electron chi connectivity index (χ1n) is 7.90. The summed E-state index contributed by atoms with van der Waals surface area (Å²) in [4.78, 5) is 4.24. The summed E-state index contributed by atoms with van der Waals surface area (Å²) in [5.74, 6) is 1.84. The average molecular weight is 434 g/mol. The zero-order valence-electron chi connectivity index (χ0n) is 13.9. The van der Waals surface area contributed by atoms with Gasteiger partial charge in [-0.3, -0.25) is 4.99 Å². The summed E-state index contributed by atoms with van der Waals surface area (Å²) in [5.41, 5.74) is 1.46. The maximum atomic E-state index is 5.31. The van der Waals surface area contributed by atoms with Crippen molar-refractivity contribution >= 4 is 29.9 Å². The molecule has 0 radical (unpaired) electrons. The van der Waals surface area contributed by atoms with Crippen molar-refractivity contribution in [3.05, 3.63) is 23.8 Å². The fourth-order valence-electron chi connectivity index (χ4n) is 2.39. The number of rotatable bonds is 7. The lowest BCUT2D eigenvalue weighted by atomic mass is 10.1. The summed E-state index contributed by atoms with van der Waals surface area (Å²) >= 11 is 0. The van der Waals surface area contributed by atoms with Crippen LogP contribution < -0.4 is 10.6 Å². The third kappa shape index (κ3) is 6.86. The normalized spacial score (nSPS) is 14.9. The predicted octanol–water partition coefficient (Wildman–Crippen LogP) is 1.36. The number of guanidine groups is 1. The average Bonchev–Trinajstić information content (AvgIpc) is 3.02. The van der Waals surface area contributed by atoms with E-state index in [0.717, 1.165) is 63.9 Å². The molecule has 0 bridgehead atoms. The number of nitrogens with one attached hydrogen (secondary N) is 2. The van der Waals surface area contributed by atoms with Crippen molar-refractivity contribution in [3.63, 3.8) is 0 Å². The van der Waals surface area contributed by atoms with Crippen LogP contribution in [-0.2, 0) is 17.7 Å². The Kier molecular flexibility index (Phi) is 9.85. The lowest BCUT2D eigenvalue weighted by Gasteiger charge is -2.15. The first kappa shape index (κ1) is 19.9. The fraction of sp³-hybridized carbons (Fsp3) is 0.667. The minimum absolute atomic E-state index is 0. The van der Waals surface area contributed by atoms with Crippen LogP contribution in [0.1, 0.15) is 25.6 Å². The van der Waals surface area contributed by atoms with Gasteiger partial charge in [0.2, 0.25) is 0 Å². The van der Waals surface area contributed by atoms with E-state index in [1.54, 1.807) is 13.4 Å². The molecule has 8 heteroatoms. The van der Waals surface area contributed by atoms with Crippen LogP contribution in [0.25, 0.3) is 0 Å². The van der Waals surface area contributed by atoms with Crippen LogP contribution in [0.15, 0.2) is 23.0 Å². The molecule has 0 aliphatic carbocycles. The second kappa shape index (κ2) is 11.4. The van der Waals surface area contributed by atoms with Crippen LogP contribution >= 0.6 is 24.0 Å². The molecule has 0 saturated carbocycles. The molecule has 1 aliphatic heterocycles. The Labute approximate surface area is 155 Å². The molecule has 0 saturated heterocycles. The molecule has 2 heterocycles. The number of hydrogen-bond donors (Lipinski definition) is 2. The van der Waals surface area contributed by atoms with E-state index in [9.17, 15) is 0 Å². The van der Waals surface area contributed by atoms with Crippen molar-refractivity contribution in [2.45, 2.75) is 32.7 Å². The van der Waals surface area contributed by atoms with Gasteiger partial charge in [0, 0.05) is 33.1 Å². The van der Waals surface area contributed by atoms with Crippen molar-refractivity contribution in [1.82, 2.24) is 25.4 Å². The van der Waals surface area contributed by atoms with Crippen molar-refractivity contribution in [2.75, 3.05) is 33.4 Å². The molecule has 1 aromatic heterocycles. The molecule has 0 unspecified atom stereocenters. The van der Waals surface area contributed by atoms with Crippen LogP contribution in [-0.4, -0.2) is 54.1 Å². The summed E-state index contributed by atoms with van der Waals surface area (Å²) in [6.45, 7) is 6.19. The molecular weight excluding hydrogens is 407 g/mol. The van der Waals surface area contributed by atoms with E-state index in [1.165, 1.54) is 5.57 Å². The monoisotopic (exact) mass is 434 g/mol. The molecule has 23 heavy (non-hydrogen) atoms. The molecule has 0 aromatic carbocycles. The zero-order valence-corrected chi connectivity index (χ0v) is 16.2. The van der Waals surface area contributed by atoms with E-state index in [0.29, 0.717) is 0 Å². The molecule has 0 amide bonds. The van der Waals surface area contributed by atoms with E-state index < -0.39 is 0 Å². The molecule has 1 aliphatic rings. The number of aliphatic imine (C=N–C) groups is 1. The van der Waals surface area contributed by atoms with Gasteiger partial charge in [-0.2, -0.15) is 0 Å². The summed E-state index contributed by atoms with van der Waals surface area (Å²) in [5, 5.41) is 14.7.